The zero-order chi connectivity index (χ0) is 15.3. The number of hydrogen-bond donors (Lipinski definition) is 1. The van der Waals surface area contributed by atoms with Crippen molar-refractivity contribution in [3.63, 3.8) is 0 Å². The van der Waals surface area contributed by atoms with Gasteiger partial charge >= 0.3 is 6.18 Å². The minimum Gasteiger partial charge on any atom is -0.314 e. The van der Waals surface area contributed by atoms with Gasteiger partial charge in [0.05, 0.1) is 5.56 Å². The zero-order valence-corrected chi connectivity index (χ0v) is 12.5. The van der Waals surface area contributed by atoms with E-state index in [4.69, 9.17) is 0 Å². The average Bonchev–Trinajstić information content (AvgIpc) is 2.91. The summed E-state index contributed by atoms with van der Waals surface area (Å²) in [5.74, 6) is 0.736. The van der Waals surface area contributed by atoms with E-state index in [0.29, 0.717) is 6.42 Å². The van der Waals surface area contributed by atoms with Crippen molar-refractivity contribution < 1.29 is 13.2 Å². The second-order valence-corrected chi connectivity index (χ2v) is 6.04. The fourth-order valence-electron chi connectivity index (χ4n) is 3.34. The Morgan fingerprint density at radius 2 is 1.95 bits per heavy atom. The van der Waals surface area contributed by atoms with Gasteiger partial charge in [0.2, 0.25) is 0 Å². The molecule has 0 saturated heterocycles. The van der Waals surface area contributed by atoms with Crippen LogP contribution in [0.25, 0.3) is 0 Å². The van der Waals surface area contributed by atoms with Crippen LogP contribution in [0.3, 0.4) is 0 Å². The van der Waals surface area contributed by atoms with E-state index in [2.05, 4.69) is 5.32 Å². The molecule has 1 unspecified atom stereocenters. The Kier molecular flexibility index (Phi) is 5.68. The van der Waals surface area contributed by atoms with Gasteiger partial charge in [-0.2, -0.15) is 13.2 Å². The van der Waals surface area contributed by atoms with Crippen LogP contribution in [-0.4, -0.2) is 12.6 Å². The first-order chi connectivity index (χ1) is 9.99. The van der Waals surface area contributed by atoms with Crippen molar-refractivity contribution >= 4 is 0 Å². The van der Waals surface area contributed by atoms with E-state index < -0.39 is 11.7 Å². The molecule has 0 heterocycles. The molecule has 1 aliphatic carbocycles. The minimum absolute atomic E-state index is 0.279. The number of nitrogens with one attached hydrogen (secondary N) is 1. The lowest BCUT2D eigenvalue weighted by molar-refractivity contribution is -0.137. The summed E-state index contributed by atoms with van der Waals surface area (Å²) in [5, 5.41) is 3.43. The van der Waals surface area contributed by atoms with Gasteiger partial charge in [0.25, 0.3) is 0 Å². The third-order valence-electron chi connectivity index (χ3n) is 4.32. The molecule has 0 spiro atoms. The maximum Gasteiger partial charge on any atom is 0.416 e. The van der Waals surface area contributed by atoms with E-state index in [1.807, 2.05) is 6.92 Å². The minimum atomic E-state index is -4.25. The Labute approximate surface area is 124 Å². The molecule has 118 valence electrons. The monoisotopic (exact) mass is 299 g/mol. The molecular formula is C17H24F3N. The fourth-order valence-corrected chi connectivity index (χ4v) is 3.34. The van der Waals surface area contributed by atoms with Crippen LogP contribution in [0.5, 0.6) is 0 Å². The van der Waals surface area contributed by atoms with Crippen LogP contribution in [0.4, 0.5) is 13.2 Å². The van der Waals surface area contributed by atoms with E-state index >= 15 is 0 Å². The van der Waals surface area contributed by atoms with Crippen LogP contribution in [0.1, 0.15) is 50.2 Å². The first-order valence-corrected chi connectivity index (χ1v) is 7.88. The van der Waals surface area contributed by atoms with Crippen LogP contribution < -0.4 is 5.32 Å². The molecule has 4 heteroatoms. The molecular weight excluding hydrogens is 275 g/mol. The highest BCUT2D eigenvalue weighted by Gasteiger charge is 2.30. The molecule has 0 aromatic heterocycles. The second kappa shape index (κ2) is 7.30. The van der Waals surface area contributed by atoms with Gasteiger partial charge < -0.3 is 5.32 Å². The molecule has 1 aliphatic rings. The number of alkyl halides is 3. The number of benzene rings is 1. The standard InChI is InChI=1S/C17H24F3N/c1-2-21-16(11-13-6-3-4-7-13)12-14-8-5-9-15(10-14)17(18,19)20/h5,8-10,13,16,21H,2-4,6-7,11-12H2,1H3. The van der Waals surface area contributed by atoms with Gasteiger partial charge in [-0.1, -0.05) is 50.8 Å². The van der Waals surface area contributed by atoms with Gasteiger partial charge in [-0.05, 0) is 36.9 Å². The van der Waals surface area contributed by atoms with E-state index in [9.17, 15) is 13.2 Å². The van der Waals surface area contributed by atoms with Crippen LogP contribution in [0, 0.1) is 5.92 Å². The number of halogens is 3. The smallest absolute Gasteiger partial charge is 0.314 e. The first-order valence-electron chi connectivity index (χ1n) is 7.88. The highest BCUT2D eigenvalue weighted by Crippen LogP contribution is 2.31. The average molecular weight is 299 g/mol. The Bertz CT molecular complexity index is 436. The highest BCUT2D eigenvalue weighted by atomic mass is 19.4. The maximum absolute atomic E-state index is 12.8. The SMILES string of the molecule is CCNC(Cc1cccc(C(F)(F)F)c1)CC1CCCC1. The molecule has 0 radical (unpaired) electrons. The van der Waals surface area contributed by atoms with E-state index in [1.54, 1.807) is 6.07 Å². The third-order valence-corrected chi connectivity index (χ3v) is 4.32. The van der Waals surface area contributed by atoms with E-state index in [-0.39, 0.29) is 6.04 Å². The lowest BCUT2D eigenvalue weighted by atomic mass is 9.93. The second-order valence-electron chi connectivity index (χ2n) is 6.04. The van der Waals surface area contributed by atoms with Crippen molar-refractivity contribution in [2.24, 2.45) is 5.92 Å². The molecule has 1 aromatic carbocycles. The van der Waals surface area contributed by atoms with Gasteiger partial charge in [-0.15, -0.1) is 0 Å². The molecule has 1 saturated carbocycles. The molecule has 1 N–H and O–H groups in total. The Balaban J connectivity index is 2.01. The quantitative estimate of drug-likeness (QED) is 0.795. The van der Waals surface area contributed by atoms with Crippen molar-refractivity contribution in [1.29, 1.82) is 0 Å². The zero-order valence-electron chi connectivity index (χ0n) is 12.5. The van der Waals surface area contributed by atoms with Gasteiger partial charge in [0.1, 0.15) is 0 Å². The Morgan fingerprint density at radius 3 is 2.57 bits per heavy atom. The molecule has 0 bridgehead atoms. The van der Waals surface area contributed by atoms with Crippen molar-refractivity contribution in [3.8, 4) is 0 Å². The third kappa shape index (κ3) is 5.03. The predicted octanol–water partition coefficient (Wildman–Crippen LogP) is 4.81. The predicted molar refractivity (Wildman–Crippen MR) is 79.2 cm³/mol. The Morgan fingerprint density at radius 1 is 1.24 bits per heavy atom. The largest absolute Gasteiger partial charge is 0.416 e. The summed E-state index contributed by atoms with van der Waals surface area (Å²) in [6.45, 7) is 2.91. The van der Waals surface area contributed by atoms with Crippen molar-refractivity contribution in [2.45, 2.75) is 57.7 Å². The first kappa shape index (κ1) is 16.3. The summed E-state index contributed by atoms with van der Waals surface area (Å²) >= 11 is 0. The van der Waals surface area contributed by atoms with Gasteiger partial charge in [-0.3, -0.25) is 0 Å². The number of likely N-dealkylation sites (N-methyl/N-ethyl adjacent to an activating group) is 1. The molecule has 1 nitrogen and oxygen atoms in total. The van der Waals surface area contributed by atoms with Crippen LogP contribution >= 0.6 is 0 Å². The van der Waals surface area contributed by atoms with Gasteiger partial charge in [-0.25, -0.2) is 0 Å². The molecule has 2 rings (SSSR count). The molecule has 1 aromatic rings. The van der Waals surface area contributed by atoms with Crippen LogP contribution in [0.15, 0.2) is 24.3 Å². The van der Waals surface area contributed by atoms with Gasteiger partial charge in [0, 0.05) is 6.04 Å². The molecule has 0 amide bonds. The summed E-state index contributed by atoms with van der Waals surface area (Å²) < 4.78 is 38.3. The summed E-state index contributed by atoms with van der Waals surface area (Å²) in [6, 6.07) is 6.02. The highest BCUT2D eigenvalue weighted by molar-refractivity contribution is 5.26. The van der Waals surface area contributed by atoms with Crippen LogP contribution in [-0.2, 0) is 12.6 Å². The van der Waals surface area contributed by atoms with Crippen molar-refractivity contribution in [3.05, 3.63) is 35.4 Å². The summed E-state index contributed by atoms with van der Waals surface area (Å²) in [5.41, 5.74) is 0.227. The Hall–Kier alpha value is -1.03. The van der Waals surface area contributed by atoms with E-state index in [0.717, 1.165) is 30.5 Å². The van der Waals surface area contributed by atoms with Crippen molar-refractivity contribution in [2.75, 3.05) is 6.54 Å². The summed E-state index contributed by atoms with van der Waals surface area (Å²) in [6.07, 6.45) is 2.63. The number of rotatable bonds is 6. The number of hydrogen-bond acceptors (Lipinski definition) is 1. The molecule has 21 heavy (non-hydrogen) atoms. The lowest BCUT2D eigenvalue weighted by Crippen LogP contribution is -2.32. The van der Waals surface area contributed by atoms with Crippen molar-refractivity contribution in [1.82, 2.24) is 5.32 Å². The fraction of sp³-hybridized carbons (Fsp3) is 0.647. The maximum atomic E-state index is 12.8. The van der Waals surface area contributed by atoms with Crippen LogP contribution in [0.2, 0.25) is 0 Å². The molecule has 1 atom stereocenters. The molecule has 0 aliphatic heterocycles. The normalized spacial score (nSPS) is 18.1. The lowest BCUT2D eigenvalue weighted by Gasteiger charge is -2.22. The molecule has 1 fully saturated rings. The summed E-state index contributed by atoms with van der Waals surface area (Å²) in [4.78, 5) is 0. The topological polar surface area (TPSA) is 12.0 Å². The summed E-state index contributed by atoms with van der Waals surface area (Å²) in [7, 11) is 0. The van der Waals surface area contributed by atoms with Gasteiger partial charge in [0.15, 0.2) is 0 Å². The van der Waals surface area contributed by atoms with E-state index in [1.165, 1.54) is 37.8 Å².